The minimum Gasteiger partial charge on any atom is -0.369 e. The lowest BCUT2D eigenvalue weighted by Crippen LogP contribution is -2.48. The summed E-state index contributed by atoms with van der Waals surface area (Å²) in [6.45, 7) is 3.14. The van der Waals surface area contributed by atoms with Gasteiger partial charge < -0.3 is 10.6 Å². The fourth-order valence-corrected chi connectivity index (χ4v) is 5.52. The molecule has 0 aliphatic heterocycles. The molecule has 0 aromatic heterocycles. The van der Waals surface area contributed by atoms with Gasteiger partial charge in [-0.1, -0.05) is 90.5 Å². The largest absolute Gasteiger partial charge is 0.369 e. The number of hydrogen-bond donors (Lipinski definition) is 1. The SMILES string of the molecule is Cc1ccc(CCN(C)C2CCC(C(C(N)=O)(c3ccccc3)c3ccccc3)C2)cc1. The van der Waals surface area contributed by atoms with Gasteiger partial charge in [0.1, 0.15) is 5.41 Å². The molecule has 2 unspecified atom stereocenters. The highest BCUT2D eigenvalue weighted by Gasteiger charge is 2.50. The highest BCUT2D eigenvalue weighted by atomic mass is 16.1. The van der Waals surface area contributed by atoms with Crippen LogP contribution in [0.1, 0.15) is 41.5 Å². The number of amides is 1. The van der Waals surface area contributed by atoms with Crippen LogP contribution < -0.4 is 5.73 Å². The summed E-state index contributed by atoms with van der Waals surface area (Å²) in [4.78, 5) is 15.7. The topological polar surface area (TPSA) is 46.3 Å². The average Bonchev–Trinajstić information content (AvgIpc) is 3.31. The molecule has 2 N–H and O–H groups in total. The van der Waals surface area contributed by atoms with Crippen molar-refractivity contribution in [2.24, 2.45) is 11.7 Å². The number of carbonyl (C=O) groups is 1. The Morgan fingerprint density at radius 2 is 1.47 bits per heavy atom. The van der Waals surface area contributed by atoms with Crippen molar-refractivity contribution in [3.63, 3.8) is 0 Å². The fourth-order valence-electron chi connectivity index (χ4n) is 5.52. The highest BCUT2D eigenvalue weighted by Crippen LogP contribution is 2.47. The van der Waals surface area contributed by atoms with Crippen LogP contribution in [-0.4, -0.2) is 30.4 Å². The van der Waals surface area contributed by atoms with E-state index >= 15 is 0 Å². The Morgan fingerprint density at radius 1 is 0.906 bits per heavy atom. The van der Waals surface area contributed by atoms with Crippen molar-refractivity contribution >= 4 is 5.91 Å². The van der Waals surface area contributed by atoms with E-state index in [1.165, 1.54) is 11.1 Å². The zero-order valence-electron chi connectivity index (χ0n) is 19.2. The van der Waals surface area contributed by atoms with Crippen LogP contribution >= 0.6 is 0 Å². The maximum atomic E-state index is 13.2. The molecule has 0 saturated heterocycles. The van der Waals surface area contributed by atoms with Gasteiger partial charge in [0, 0.05) is 12.6 Å². The maximum Gasteiger partial charge on any atom is 0.232 e. The number of hydrogen-bond acceptors (Lipinski definition) is 2. The third-order valence-electron chi connectivity index (χ3n) is 7.36. The third-order valence-corrected chi connectivity index (χ3v) is 7.36. The number of likely N-dealkylation sites (N-methyl/N-ethyl adjacent to an activating group) is 1. The van der Waals surface area contributed by atoms with Crippen LogP contribution in [-0.2, 0) is 16.6 Å². The molecule has 3 aromatic rings. The van der Waals surface area contributed by atoms with E-state index in [2.05, 4.69) is 67.4 Å². The molecule has 1 saturated carbocycles. The normalized spacial score (nSPS) is 18.7. The molecule has 166 valence electrons. The summed E-state index contributed by atoms with van der Waals surface area (Å²) < 4.78 is 0. The van der Waals surface area contributed by atoms with Crippen LogP contribution in [0, 0.1) is 12.8 Å². The minimum absolute atomic E-state index is 0.177. The summed E-state index contributed by atoms with van der Waals surface area (Å²) in [5, 5.41) is 0. The van der Waals surface area contributed by atoms with Crippen molar-refractivity contribution in [2.75, 3.05) is 13.6 Å². The zero-order chi connectivity index (χ0) is 22.6. The molecular formula is C29H34N2O. The summed E-state index contributed by atoms with van der Waals surface area (Å²) in [7, 11) is 2.22. The van der Waals surface area contributed by atoms with Crippen LogP contribution in [0.5, 0.6) is 0 Å². The van der Waals surface area contributed by atoms with E-state index in [0.717, 1.165) is 43.4 Å². The van der Waals surface area contributed by atoms with Gasteiger partial charge in [0.25, 0.3) is 0 Å². The first kappa shape index (κ1) is 22.3. The number of carbonyl (C=O) groups excluding carboxylic acids is 1. The van der Waals surface area contributed by atoms with Crippen LogP contribution in [0.2, 0.25) is 0 Å². The molecule has 3 aromatic carbocycles. The summed E-state index contributed by atoms with van der Waals surface area (Å²) in [5.41, 5.74) is 10.1. The zero-order valence-corrected chi connectivity index (χ0v) is 19.2. The Morgan fingerprint density at radius 3 is 2.00 bits per heavy atom. The van der Waals surface area contributed by atoms with Gasteiger partial charge in [-0.3, -0.25) is 4.79 Å². The van der Waals surface area contributed by atoms with Crippen LogP contribution in [0.4, 0.5) is 0 Å². The van der Waals surface area contributed by atoms with Gasteiger partial charge in [0.2, 0.25) is 5.91 Å². The van der Waals surface area contributed by atoms with E-state index < -0.39 is 5.41 Å². The predicted molar refractivity (Wildman–Crippen MR) is 132 cm³/mol. The van der Waals surface area contributed by atoms with Gasteiger partial charge in [-0.05, 0) is 62.3 Å². The first-order valence-corrected chi connectivity index (χ1v) is 11.7. The monoisotopic (exact) mass is 426 g/mol. The van der Waals surface area contributed by atoms with E-state index in [1.807, 2.05) is 36.4 Å². The van der Waals surface area contributed by atoms with E-state index in [4.69, 9.17) is 5.73 Å². The van der Waals surface area contributed by atoms with Gasteiger partial charge in [-0.2, -0.15) is 0 Å². The van der Waals surface area contributed by atoms with Crippen molar-refractivity contribution < 1.29 is 4.79 Å². The second-order valence-electron chi connectivity index (χ2n) is 9.28. The van der Waals surface area contributed by atoms with Crippen molar-refractivity contribution in [3.05, 3.63) is 107 Å². The Kier molecular flexibility index (Phi) is 6.76. The van der Waals surface area contributed by atoms with Crippen LogP contribution in [0.15, 0.2) is 84.9 Å². The van der Waals surface area contributed by atoms with Gasteiger partial charge in [-0.25, -0.2) is 0 Å². The number of rotatable bonds is 8. The first-order chi connectivity index (χ1) is 15.5. The quantitative estimate of drug-likeness (QED) is 0.544. The molecule has 0 bridgehead atoms. The van der Waals surface area contributed by atoms with Gasteiger partial charge in [0.05, 0.1) is 0 Å². The molecule has 1 fully saturated rings. The molecule has 1 aliphatic rings. The fraction of sp³-hybridized carbons (Fsp3) is 0.345. The predicted octanol–water partition coefficient (Wildman–Crippen LogP) is 5.11. The standard InChI is InChI=1S/C29H34N2O/c1-22-13-15-23(16-14-22)19-20-31(2)27-18-17-26(21-27)29(28(30)32,24-9-5-3-6-10-24)25-11-7-4-8-12-25/h3-16,26-27H,17-21H2,1-2H3,(H2,30,32). The lowest BCUT2D eigenvalue weighted by atomic mass is 9.64. The number of primary amides is 1. The lowest BCUT2D eigenvalue weighted by Gasteiger charge is -2.38. The maximum absolute atomic E-state index is 13.2. The summed E-state index contributed by atoms with van der Waals surface area (Å²) in [5.74, 6) is -0.0699. The summed E-state index contributed by atoms with van der Waals surface area (Å²) >= 11 is 0. The molecule has 3 nitrogen and oxygen atoms in total. The molecule has 4 rings (SSSR count). The van der Waals surface area contributed by atoms with Crippen molar-refractivity contribution in [2.45, 2.75) is 44.1 Å². The second kappa shape index (κ2) is 9.70. The third kappa shape index (κ3) is 4.35. The second-order valence-corrected chi connectivity index (χ2v) is 9.28. The van der Waals surface area contributed by atoms with Crippen LogP contribution in [0.25, 0.3) is 0 Å². The Labute approximate surface area is 192 Å². The lowest BCUT2D eigenvalue weighted by molar-refractivity contribution is -0.123. The van der Waals surface area contributed by atoms with Crippen molar-refractivity contribution in [1.29, 1.82) is 0 Å². The summed E-state index contributed by atoms with van der Waals surface area (Å²) in [6.07, 6.45) is 4.09. The number of aryl methyl sites for hydroxylation is 1. The van der Waals surface area contributed by atoms with Crippen molar-refractivity contribution in [1.82, 2.24) is 4.90 Å². The average molecular weight is 427 g/mol. The number of benzene rings is 3. The number of nitrogens with two attached hydrogens (primary N) is 1. The van der Waals surface area contributed by atoms with E-state index in [1.54, 1.807) is 0 Å². The Balaban J connectivity index is 1.57. The van der Waals surface area contributed by atoms with Gasteiger partial charge in [-0.15, -0.1) is 0 Å². The molecule has 3 heteroatoms. The molecule has 1 amide bonds. The van der Waals surface area contributed by atoms with Gasteiger partial charge >= 0.3 is 0 Å². The summed E-state index contributed by atoms with van der Waals surface area (Å²) in [6, 6.07) is 29.6. The van der Waals surface area contributed by atoms with Gasteiger partial charge in [0.15, 0.2) is 0 Å². The van der Waals surface area contributed by atoms with Crippen molar-refractivity contribution in [3.8, 4) is 0 Å². The van der Waals surface area contributed by atoms with E-state index in [-0.39, 0.29) is 11.8 Å². The Hall–Kier alpha value is -2.91. The molecular weight excluding hydrogens is 392 g/mol. The van der Waals surface area contributed by atoms with E-state index in [0.29, 0.717) is 6.04 Å². The molecule has 0 spiro atoms. The molecule has 2 atom stereocenters. The van der Waals surface area contributed by atoms with Crippen LogP contribution in [0.3, 0.4) is 0 Å². The molecule has 0 radical (unpaired) electrons. The minimum atomic E-state index is -0.797. The Bertz CT molecular complexity index is 975. The first-order valence-electron chi connectivity index (χ1n) is 11.7. The molecule has 32 heavy (non-hydrogen) atoms. The van der Waals surface area contributed by atoms with E-state index in [9.17, 15) is 4.79 Å². The highest BCUT2D eigenvalue weighted by molar-refractivity contribution is 5.91. The molecule has 0 heterocycles. The smallest absolute Gasteiger partial charge is 0.232 e. The molecule has 1 aliphatic carbocycles. The number of nitrogens with zero attached hydrogens (tertiary/aromatic N) is 1.